The number of nitrogens with one attached hydrogen (secondary N) is 1. The fraction of sp³-hybridized carbons (Fsp3) is 0.667. The molecule has 0 bridgehead atoms. The zero-order chi connectivity index (χ0) is 16.8. The molecule has 0 aromatic carbocycles. The first kappa shape index (κ1) is 18.8. The van der Waals surface area contributed by atoms with Crippen LogP contribution in [0.25, 0.3) is 0 Å². The van der Waals surface area contributed by atoms with Gasteiger partial charge in [-0.05, 0) is 26.2 Å². The molecule has 10 heteroatoms. The van der Waals surface area contributed by atoms with Crippen molar-refractivity contribution in [3.05, 3.63) is 11.8 Å². The molecule has 1 saturated heterocycles. The van der Waals surface area contributed by atoms with E-state index >= 15 is 0 Å². The van der Waals surface area contributed by atoms with E-state index in [0.29, 0.717) is 18.4 Å². The molecule has 2 unspecified atom stereocenters. The van der Waals surface area contributed by atoms with Gasteiger partial charge in [0.05, 0.1) is 12.7 Å². The number of imide groups is 1. The van der Waals surface area contributed by atoms with Crippen LogP contribution in [0.5, 0.6) is 0 Å². The Morgan fingerprint density at radius 1 is 1.50 bits per heavy atom. The Labute approximate surface area is 128 Å². The number of phosphoric acid groups is 1. The average Bonchev–Trinajstić information content (AvgIpc) is 2.86. The summed E-state index contributed by atoms with van der Waals surface area (Å²) in [5.41, 5.74) is 0.367. The molecule has 0 aromatic heterocycles. The van der Waals surface area contributed by atoms with Crippen molar-refractivity contribution in [2.75, 3.05) is 13.7 Å². The highest BCUT2D eigenvalue weighted by molar-refractivity contribution is 7.46. The number of amides is 2. The van der Waals surface area contributed by atoms with Crippen LogP contribution in [0, 0.1) is 0 Å². The molecule has 9 nitrogen and oxygen atoms in total. The summed E-state index contributed by atoms with van der Waals surface area (Å²) >= 11 is 0. The molecule has 1 rings (SSSR count). The van der Waals surface area contributed by atoms with E-state index in [1.165, 1.54) is 0 Å². The summed E-state index contributed by atoms with van der Waals surface area (Å²) in [4.78, 5) is 40.6. The van der Waals surface area contributed by atoms with Gasteiger partial charge in [0.2, 0.25) is 6.41 Å². The second-order valence-corrected chi connectivity index (χ2v) is 6.21. The third-order valence-electron chi connectivity index (χ3n) is 3.18. The highest BCUT2D eigenvalue weighted by Gasteiger charge is 2.28. The summed E-state index contributed by atoms with van der Waals surface area (Å²) < 4.78 is 20.7. The van der Waals surface area contributed by atoms with E-state index in [-0.39, 0.29) is 18.9 Å². The first-order valence-corrected chi connectivity index (χ1v) is 8.26. The molecule has 1 aliphatic heterocycles. The van der Waals surface area contributed by atoms with Crippen LogP contribution in [0.3, 0.4) is 0 Å². The predicted molar refractivity (Wildman–Crippen MR) is 76.2 cm³/mol. The molecule has 2 atom stereocenters. The minimum atomic E-state index is -4.44. The van der Waals surface area contributed by atoms with Crippen molar-refractivity contribution >= 4 is 20.1 Å². The van der Waals surface area contributed by atoms with Gasteiger partial charge in [0.25, 0.3) is 5.91 Å². The van der Waals surface area contributed by atoms with E-state index in [1.54, 1.807) is 25.1 Å². The van der Waals surface area contributed by atoms with Crippen LogP contribution >= 0.6 is 7.82 Å². The Balaban J connectivity index is 2.42. The van der Waals surface area contributed by atoms with E-state index in [9.17, 15) is 14.2 Å². The summed E-state index contributed by atoms with van der Waals surface area (Å²) in [7, 11) is -2.69. The smallest absolute Gasteiger partial charge is 0.355 e. The maximum Gasteiger partial charge on any atom is 0.469 e. The Kier molecular flexibility index (Phi) is 7.18. The Morgan fingerprint density at radius 2 is 2.18 bits per heavy atom. The van der Waals surface area contributed by atoms with Gasteiger partial charge in [-0.15, -0.1) is 0 Å². The van der Waals surface area contributed by atoms with Crippen LogP contribution in [0.15, 0.2) is 11.8 Å². The largest absolute Gasteiger partial charge is 0.469 e. The van der Waals surface area contributed by atoms with Gasteiger partial charge < -0.3 is 19.4 Å². The number of nitrogens with zero attached hydrogens (tertiary/aromatic N) is 1. The summed E-state index contributed by atoms with van der Waals surface area (Å²) in [5, 5.41) is 2.05. The Bertz CT molecular complexity index is 476. The number of rotatable bonds is 8. The number of carbonyl (C=O) groups excluding carboxylic acids is 2. The predicted octanol–water partition coefficient (Wildman–Crippen LogP) is 0.0991. The number of phosphoric ester groups is 1. The topological polar surface area (TPSA) is 125 Å². The molecule has 1 heterocycles. The summed E-state index contributed by atoms with van der Waals surface area (Å²) in [5.74, 6) is -0.480. The van der Waals surface area contributed by atoms with Gasteiger partial charge in [-0.3, -0.25) is 19.4 Å². The van der Waals surface area contributed by atoms with Crippen molar-refractivity contribution in [3.8, 4) is 0 Å². The number of ether oxygens (including phenoxy) is 1. The number of carbonyl (C=O) groups is 2. The van der Waals surface area contributed by atoms with Crippen LogP contribution in [0.2, 0.25) is 0 Å². The lowest BCUT2D eigenvalue weighted by atomic mass is 10.2. The van der Waals surface area contributed by atoms with Gasteiger partial charge in [-0.1, -0.05) is 0 Å². The lowest BCUT2D eigenvalue weighted by Gasteiger charge is -2.23. The van der Waals surface area contributed by atoms with E-state index in [4.69, 9.17) is 14.5 Å². The van der Waals surface area contributed by atoms with Crippen molar-refractivity contribution < 1.29 is 33.2 Å². The van der Waals surface area contributed by atoms with E-state index in [0.717, 1.165) is 12.8 Å². The van der Waals surface area contributed by atoms with Crippen molar-refractivity contribution in [1.82, 2.24) is 10.2 Å². The second kappa shape index (κ2) is 8.40. The second-order valence-electron chi connectivity index (χ2n) is 4.97. The zero-order valence-corrected chi connectivity index (χ0v) is 13.4. The van der Waals surface area contributed by atoms with E-state index < -0.39 is 13.7 Å². The molecular weight excluding hydrogens is 315 g/mol. The van der Waals surface area contributed by atoms with Crippen molar-refractivity contribution in [2.45, 2.75) is 38.5 Å². The lowest BCUT2D eigenvalue weighted by Crippen LogP contribution is -2.30. The molecule has 0 aromatic rings. The van der Waals surface area contributed by atoms with Crippen LogP contribution in [-0.2, 0) is 23.4 Å². The molecule has 3 N–H and O–H groups in total. The van der Waals surface area contributed by atoms with Crippen LogP contribution in [0.4, 0.5) is 0 Å². The fourth-order valence-electron chi connectivity index (χ4n) is 2.12. The van der Waals surface area contributed by atoms with Gasteiger partial charge in [-0.2, -0.15) is 0 Å². The lowest BCUT2D eigenvalue weighted by molar-refractivity contribution is -0.122. The molecule has 0 radical (unpaired) electrons. The Morgan fingerprint density at radius 3 is 2.77 bits per heavy atom. The Hall–Kier alpha value is -1.25. The molecule has 0 aliphatic carbocycles. The minimum Gasteiger partial charge on any atom is -0.355 e. The third-order valence-corrected chi connectivity index (χ3v) is 3.70. The molecule has 126 valence electrons. The highest BCUT2D eigenvalue weighted by atomic mass is 31.2. The molecule has 22 heavy (non-hydrogen) atoms. The third kappa shape index (κ3) is 6.67. The van der Waals surface area contributed by atoms with Gasteiger partial charge in [0, 0.05) is 18.8 Å². The molecule has 1 fully saturated rings. The molecule has 0 saturated carbocycles. The van der Waals surface area contributed by atoms with Crippen LogP contribution in [0.1, 0.15) is 26.2 Å². The first-order chi connectivity index (χ1) is 10.2. The summed E-state index contributed by atoms with van der Waals surface area (Å²) in [6, 6.07) is 0. The van der Waals surface area contributed by atoms with Gasteiger partial charge >= 0.3 is 7.82 Å². The van der Waals surface area contributed by atoms with Crippen LogP contribution < -0.4 is 5.32 Å². The van der Waals surface area contributed by atoms with Gasteiger partial charge in [0.1, 0.15) is 6.23 Å². The normalized spacial score (nSPS) is 22.5. The first-order valence-electron chi connectivity index (χ1n) is 6.73. The molecule has 2 amide bonds. The number of hydrogen-bond acceptors (Lipinski definition) is 6. The molecule has 0 spiro atoms. The highest BCUT2D eigenvalue weighted by Crippen LogP contribution is 2.36. The van der Waals surface area contributed by atoms with Crippen molar-refractivity contribution in [3.63, 3.8) is 0 Å². The van der Waals surface area contributed by atoms with E-state index in [1.807, 2.05) is 5.32 Å². The SMILES string of the molecule is C/C(=C/N(C)C1CCC(CCOP(=O)(O)O)O1)C(=O)NC=O. The average molecular weight is 336 g/mol. The molecule has 1 aliphatic rings. The summed E-state index contributed by atoms with van der Waals surface area (Å²) in [6.07, 6.45) is 3.34. The number of hydrogen-bond donors (Lipinski definition) is 3. The van der Waals surface area contributed by atoms with Gasteiger partial charge in [-0.25, -0.2) is 4.57 Å². The minimum absolute atomic E-state index is 0.0814. The maximum absolute atomic E-state index is 11.4. The maximum atomic E-state index is 11.4. The van der Waals surface area contributed by atoms with Crippen molar-refractivity contribution in [1.29, 1.82) is 0 Å². The van der Waals surface area contributed by atoms with Crippen molar-refractivity contribution in [2.24, 2.45) is 0 Å². The fourth-order valence-corrected chi connectivity index (χ4v) is 2.46. The monoisotopic (exact) mass is 336 g/mol. The standard InChI is InChI=1S/C12H21N2O7P/c1-9(12(16)13-8-15)7-14(2)11-4-3-10(21-11)5-6-20-22(17,18)19/h7-8,10-11H,3-6H2,1-2H3,(H,13,15,16)(H2,17,18,19)/b9-7-. The van der Waals surface area contributed by atoms with E-state index in [2.05, 4.69) is 4.52 Å². The zero-order valence-electron chi connectivity index (χ0n) is 12.5. The molecular formula is C12H21N2O7P. The van der Waals surface area contributed by atoms with Crippen LogP contribution in [-0.4, -0.2) is 53.0 Å². The quantitative estimate of drug-likeness (QED) is 0.324. The summed E-state index contributed by atoms with van der Waals surface area (Å²) in [6.45, 7) is 1.50. The van der Waals surface area contributed by atoms with Gasteiger partial charge in [0.15, 0.2) is 0 Å².